The Balaban J connectivity index is 2.78. The predicted octanol–water partition coefficient (Wildman–Crippen LogP) is 3.71. The molecule has 1 N–H and O–H groups in total. The molecule has 1 rings (SSSR count). The number of hydrogen-bond acceptors (Lipinski definition) is 4. The van der Waals surface area contributed by atoms with Crippen molar-refractivity contribution in [3.05, 3.63) is 17.8 Å². The summed E-state index contributed by atoms with van der Waals surface area (Å²) in [5.74, 6) is 0.438. The first kappa shape index (κ1) is 18.4. The lowest BCUT2D eigenvalue weighted by molar-refractivity contribution is -0.136. The molecule has 1 amide bonds. The Bertz CT molecular complexity index is 491. The van der Waals surface area contributed by atoms with Gasteiger partial charge in [0.15, 0.2) is 0 Å². The number of unbranched alkanes of at least 4 members (excludes halogenated alkanes) is 1. The van der Waals surface area contributed by atoms with Crippen LogP contribution in [0.4, 0.5) is 5.69 Å². The van der Waals surface area contributed by atoms with Crippen molar-refractivity contribution < 1.29 is 14.3 Å². The van der Waals surface area contributed by atoms with Gasteiger partial charge in [-0.3, -0.25) is 4.79 Å². The first-order valence-electron chi connectivity index (χ1n) is 7.93. The van der Waals surface area contributed by atoms with Gasteiger partial charge in [-0.1, -0.05) is 26.7 Å². The van der Waals surface area contributed by atoms with Crippen LogP contribution >= 0.6 is 0 Å². The second-order valence-electron chi connectivity index (χ2n) is 5.62. The number of ether oxygens (including phenoxy) is 2. The Morgan fingerprint density at radius 1 is 1.32 bits per heavy atom. The molecule has 1 aromatic heterocycles. The zero-order valence-electron chi connectivity index (χ0n) is 14.4. The van der Waals surface area contributed by atoms with E-state index >= 15 is 0 Å². The van der Waals surface area contributed by atoms with Crippen molar-refractivity contribution in [3.63, 3.8) is 0 Å². The van der Waals surface area contributed by atoms with Crippen LogP contribution in [0.1, 0.15) is 52.1 Å². The van der Waals surface area contributed by atoms with Crippen LogP contribution in [0.3, 0.4) is 0 Å². The summed E-state index contributed by atoms with van der Waals surface area (Å²) < 4.78 is 10.9. The van der Waals surface area contributed by atoms with Crippen LogP contribution in [0.2, 0.25) is 0 Å². The van der Waals surface area contributed by atoms with E-state index in [0.29, 0.717) is 24.6 Å². The van der Waals surface area contributed by atoms with Crippen molar-refractivity contribution in [2.45, 2.75) is 59.0 Å². The van der Waals surface area contributed by atoms with Gasteiger partial charge in [0.05, 0.1) is 18.0 Å². The van der Waals surface area contributed by atoms with Crippen molar-refractivity contribution in [1.29, 1.82) is 0 Å². The second kappa shape index (κ2) is 8.73. The summed E-state index contributed by atoms with van der Waals surface area (Å²) in [5, 5.41) is 2.91. The Labute approximate surface area is 133 Å². The van der Waals surface area contributed by atoms with E-state index in [1.807, 2.05) is 26.8 Å². The quantitative estimate of drug-likeness (QED) is 0.755. The molecule has 0 aliphatic rings. The maximum absolute atomic E-state index is 12.5. The number of amides is 1. The van der Waals surface area contributed by atoms with Crippen molar-refractivity contribution >= 4 is 11.6 Å². The molecule has 0 spiro atoms. The number of rotatable bonds is 9. The summed E-state index contributed by atoms with van der Waals surface area (Å²) >= 11 is 0. The van der Waals surface area contributed by atoms with Crippen LogP contribution in [-0.4, -0.2) is 30.2 Å². The SMILES string of the molecule is CCCCC(C)(OC)C(=O)Nc1ccc(OCCC)nc1C. The van der Waals surface area contributed by atoms with Crippen LogP contribution in [0.15, 0.2) is 12.1 Å². The normalized spacial score (nSPS) is 13.5. The minimum Gasteiger partial charge on any atom is -0.478 e. The number of hydrogen-bond donors (Lipinski definition) is 1. The molecule has 0 radical (unpaired) electrons. The molecule has 1 aromatic rings. The molecule has 0 aliphatic heterocycles. The Hall–Kier alpha value is -1.62. The summed E-state index contributed by atoms with van der Waals surface area (Å²) in [6.45, 7) is 8.45. The predicted molar refractivity (Wildman–Crippen MR) is 88.3 cm³/mol. The van der Waals surface area contributed by atoms with Crippen LogP contribution in [0.25, 0.3) is 0 Å². The number of nitrogens with one attached hydrogen (secondary N) is 1. The fourth-order valence-corrected chi connectivity index (χ4v) is 2.03. The topological polar surface area (TPSA) is 60.5 Å². The van der Waals surface area contributed by atoms with Crippen molar-refractivity contribution in [3.8, 4) is 5.88 Å². The highest BCUT2D eigenvalue weighted by Gasteiger charge is 2.32. The maximum atomic E-state index is 12.5. The monoisotopic (exact) mass is 308 g/mol. The van der Waals surface area contributed by atoms with E-state index in [2.05, 4.69) is 17.2 Å². The minimum absolute atomic E-state index is 0.143. The zero-order chi connectivity index (χ0) is 16.6. The largest absolute Gasteiger partial charge is 0.478 e. The van der Waals surface area contributed by atoms with E-state index < -0.39 is 5.60 Å². The number of carbonyl (C=O) groups excluding carboxylic acids is 1. The van der Waals surface area contributed by atoms with E-state index in [4.69, 9.17) is 9.47 Å². The standard InChI is InChI=1S/C17H28N2O3/c1-6-8-11-17(4,21-5)16(20)19-14-9-10-15(18-13(14)3)22-12-7-2/h9-10H,6-8,11-12H2,1-5H3,(H,19,20). The van der Waals surface area contributed by atoms with Gasteiger partial charge >= 0.3 is 0 Å². The van der Waals surface area contributed by atoms with Crippen LogP contribution in [0, 0.1) is 6.92 Å². The number of aryl methyl sites for hydroxylation is 1. The lowest BCUT2D eigenvalue weighted by atomic mass is 9.97. The lowest BCUT2D eigenvalue weighted by Gasteiger charge is -2.27. The first-order chi connectivity index (χ1) is 10.5. The van der Waals surface area contributed by atoms with Crippen LogP contribution in [-0.2, 0) is 9.53 Å². The first-order valence-corrected chi connectivity index (χ1v) is 7.93. The highest BCUT2D eigenvalue weighted by Crippen LogP contribution is 2.23. The van der Waals surface area contributed by atoms with Crippen molar-refractivity contribution in [2.75, 3.05) is 19.0 Å². The highest BCUT2D eigenvalue weighted by molar-refractivity contribution is 5.97. The molecule has 124 valence electrons. The number of anilines is 1. The smallest absolute Gasteiger partial charge is 0.256 e. The molecule has 5 heteroatoms. The molecule has 1 heterocycles. The third-order valence-corrected chi connectivity index (χ3v) is 3.70. The van der Waals surface area contributed by atoms with Gasteiger partial charge in [0.25, 0.3) is 5.91 Å². The molecule has 0 aliphatic carbocycles. The number of carbonyl (C=O) groups is 1. The molecule has 0 fully saturated rings. The number of nitrogens with zero attached hydrogens (tertiary/aromatic N) is 1. The summed E-state index contributed by atoms with van der Waals surface area (Å²) in [6, 6.07) is 3.59. The summed E-state index contributed by atoms with van der Waals surface area (Å²) in [7, 11) is 1.57. The van der Waals surface area contributed by atoms with E-state index in [1.54, 1.807) is 13.2 Å². The Morgan fingerprint density at radius 2 is 2.05 bits per heavy atom. The van der Waals surface area contributed by atoms with Gasteiger partial charge in [-0.2, -0.15) is 0 Å². The maximum Gasteiger partial charge on any atom is 0.256 e. The Kier molecular flexibility index (Phi) is 7.32. The fraction of sp³-hybridized carbons (Fsp3) is 0.647. The zero-order valence-corrected chi connectivity index (χ0v) is 14.4. The summed E-state index contributed by atoms with van der Waals surface area (Å²) in [6.07, 6.45) is 3.59. The molecule has 5 nitrogen and oxygen atoms in total. The second-order valence-corrected chi connectivity index (χ2v) is 5.62. The van der Waals surface area contributed by atoms with Gasteiger partial charge in [-0.25, -0.2) is 4.98 Å². The van der Waals surface area contributed by atoms with E-state index in [1.165, 1.54) is 0 Å². The third kappa shape index (κ3) is 4.98. The number of aromatic nitrogens is 1. The van der Waals surface area contributed by atoms with Gasteiger partial charge in [0, 0.05) is 13.2 Å². The Morgan fingerprint density at radius 3 is 2.59 bits per heavy atom. The third-order valence-electron chi connectivity index (χ3n) is 3.70. The fourth-order valence-electron chi connectivity index (χ4n) is 2.03. The lowest BCUT2D eigenvalue weighted by Crippen LogP contribution is -2.42. The van der Waals surface area contributed by atoms with Gasteiger partial charge in [0.1, 0.15) is 5.60 Å². The van der Waals surface area contributed by atoms with Gasteiger partial charge in [-0.05, 0) is 32.8 Å². The molecule has 1 atom stereocenters. The van der Waals surface area contributed by atoms with Gasteiger partial charge in [0.2, 0.25) is 5.88 Å². The van der Waals surface area contributed by atoms with E-state index in [-0.39, 0.29) is 5.91 Å². The average molecular weight is 308 g/mol. The summed E-state index contributed by atoms with van der Waals surface area (Å²) in [4.78, 5) is 16.8. The average Bonchev–Trinajstić information content (AvgIpc) is 2.52. The van der Waals surface area contributed by atoms with Gasteiger partial charge < -0.3 is 14.8 Å². The van der Waals surface area contributed by atoms with Gasteiger partial charge in [-0.15, -0.1) is 0 Å². The minimum atomic E-state index is -0.820. The van der Waals surface area contributed by atoms with E-state index in [9.17, 15) is 4.79 Å². The molecule has 0 bridgehead atoms. The van der Waals surface area contributed by atoms with Crippen molar-refractivity contribution in [1.82, 2.24) is 4.98 Å². The van der Waals surface area contributed by atoms with Crippen LogP contribution in [0.5, 0.6) is 5.88 Å². The number of pyridine rings is 1. The molecule has 22 heavy (non-hydrogen) atoms. The highest BCUT2D eigenvalue weighted by atomic mass is 16.5. The molecular weight excluding hydrogens is 280 g/mol. The number of methoxy groups -OCH3 is 1. The molecule has 0 saturated carbocycles. The molecule has 0 saturated heterocycles. The van der Waals surface area contributed by atoms with Crippen LogP contribution < -0.4 is 10.1 Å². The molecule has 1 unspecified atom stereocenters. The summed E-state index contributed by atoms with van der Waals surface area (Å²) in [5.41, 5.74) is 0.601. The molecular formula is C17H28N2O3. The van der Waals surface area contributed by atoms with Crippen molar-refractivity contribution in [2.24, 2.45) is 0 Å². The van der Waals surface area contributed by atoms with E-state index in [0.717, 1.165) is 25.0 Å². The molecule has 0 aromatic carbocycles.